The van der Waals surface area contributed by atoms with Crippen molar-refractivity contribution in [3.05, 3.63) is 29.3 Å². The van der Waals surface area contributed by atoms with E-state index in [9.17, 15) is 9.90 Å². The van der Waals surface area contributed by atoms with E-state index in [1.165, 1.54) is 0 Å². The summed E-state index contributed by atoms with van der Waals surface area (Å²) in [5.74, 6) is 0.131. The fourth-order valence-corrected chi connectivity index (χ4v) is 2.29. The number of hydrogen-bond acceptors (Lipinski definition) is 3. The second kappa shape index (κ2) is 5.40. The van der Waals surface area contributed by atoms with Crippen molar-refractivity contribution in [2.24, 2.45) is 0 Å². The molecule has 2 atom stereocenters. The lowest BCUT2D eigenvalue weighted by Gasteiger charge is -2.28. The van der Waals surface area contributed by atoms with Gasteiger partial charge in [0.1, 0.15) is 5.75 Å². The first-order valence-corrected chi connectivity index (χ1v) is 6.40. The Morgan fingerprint density at radius 2 is 2.22 bits per heavy atom. The SMILES string of the molecule is Cc1cc(O)ccc1C(=O)NC1CCC(C)NC1. The van der Waals surface area contributed by atoms with Crippen molar-refractivity contribution >= 4 is 5.91 Å². The van der Waals surface area contributed by atoms with Crippen molar-refractivity contribution < 1.29 is 9.90 Å². The van der Waals surface area contributed by atoms with Crippen molar-refractivity contribution in [1.82, 2.24) is 10.6 Å². The second-order valence-electron chi connectivity index (χ2n) is 5.06. The standard InChI is InChI=1S/C14H20N2O2/c1-9-7-12(17)5-6-13(9)14(18)16-11-4-3-10(2)15-8-11/h5-7,10-11,15,17H,3-4,8H2,1-2H3,(H,16,18). The van der Waals surface area contributed by atoms with Gasteiger partial charge in [0.2, 0.25) is 0 Å². The van der Waals surface area contributed by atoms with Gasteiger partial charge in [-0.1, -0.05) is 0 Å². The molecule has 1 saturated heterocycles. The maximum absolute atomic E-state index is 12.1. The second-order valence-corrected chi connectivity index (χ2v) is 5.06. The lowest BCUT2D eigenvalue weighted by molar-refractivity contribution is 0.0927. The molecule has 0 aliphatic carbocycles. The molecule has 2 rings (SSSR count). The third kappa shape index (κ3) is 3.01. The van der Waals surface area contributed by atoms with Gasteiger partial charge in [-0.25, -0.2) is 0 Å². The Bertz CT molecular complexity index is 437. The van der Waals surface area contributed by atoms with Crippen LogP contribution in [0, 0.1) is 6.92 Å². The summed E-state index contributed by atoms with van der Waals surface area (Å²) in [7, 11) is 0. The largest absolute Gasteiger partial charge is 0.508 e. The van der Waals surface area contributed by atoms with Crippen molar-refractivity contribution in [1.29, 1.82) is 0 Å². The van der Waals surface area contributed by atoms with Gasteiger partial charge in [0.15, 0.2) is 0 Å². The summed E-state index contributed by atoms with van der Waals surface area (Å²) in [4.78, 5) is 12.1. The number of rotatable bonds is 2. The summed E-state index contributed by atoms with van der Waals surface area (Å²) < 4.78 is 0. The molecule has 0 spiro atoms. The summed E-state index contributed by atoms with van der Waals surface area (Å²) >= 11 is 0. The van der Waals surface area contributed by atoms with Gasteiger partial charge in [-0.05, 0) is 50.5 Å². The zero-order valence-electron chi connectivity index (χ0n) is 10.9. The highest BCUT2D eigenvalue weighted by Gasteiger charge is 2.20. The van der Waals surface area contributed by atoms with Gasteiger partial charge >= 0.3 is 0 Å². The number of aromatic hydroxyl groups is 1. The van der Waals surface area contributed by atoms with Gasteiger partial charge in [0.05, 0.1) is 0 Å². The number of hydrogen-bond donors (Lipinski definition) is 3. The molecular formula is C14H20N2O2. The summed E-state index contributed by atoms with van der Waals surface area (Å²) in [5.41, 5.74) is 1.43. The molecule has 1 aliphatic heterocycles. The normalized spacial score (nSPS) is 23.7. The van der Waals surface area contributed by atoms with Gasteiger partial charge in [-0.15, -0.1) is 0 Å². The van der Waals surface area contributed by atoms with E-state index in [4.69, 9.17) is 0 Å². The van der Waals surface area contributed by atoms with Crippen LogP contribution in [0.25, 0.3) is 0 Å². The molecule has 1 aromatic carbocycles. The molecule has 3 N–H and O–H groups in total. The Morgan fingerprint density at radius 3 is 2.83 bits per heavy atom. The van der Waals surface area contributed by atoms with Crippen LogP contribution in [0.1, 0.15) is 35.7 Å². The van der Waals surface area contributed by atoms with E-state index in [-0.39, 0.29) is 17.7 Å². The fourth-order valence-electron chi connectivity index (χ4n) is 2.29. The third-order valence-electron chi connectivity index (χ3n) is 3.45. The molecule has 4 heteroatoms. The summed E-state index contributed by atoms with van der Waals surface area (Å²) in [6, 6.07) is 5.55. The van der Waals surface area contributed by atoms with Gasteiger partial charge < -0.3 is 15.7 Å². The van der Waals surface area contributed by atoms with Gasteiger partial charge in [0, 0.05) is 24.2 Å². The highest BCUT2D eigenvalue weighted by Crippen LogP contribution is 2.16. The van der Waals surface area contributed by atoms with E-state index < -0.39 is 0 Å². The lowest BCUT2D eigenvalue weighted by atomic mass is 10.0. The van der Waals surface area contributed by atoms with Crippen LogP contribution in [0.15, 0.2) is 18.2 Å². The maximum Gasteiger partial charge on any atom is 0.251 e. The minimum atomic E-state index is -0.0612. The molecule has 18 heavy (non-hydrogen) atoms. The van der Waals surface area contributed by atoms with Crippen LogP contribution >= 0.6 is 0 Å². The van der Waals surface area contributed by atoms with Crippen molar-refractivity contribution in [3.8, 4) is 5.75 Å². The van der Waals surface area contributed by atoms with Crippen LogP contribution in [0.2, 0.25) is 0 Å². The number of phenolic OH excluding ortho intramolecular Hbond substituents is 1. The number of piperidine rings is 1. The molecule has 0 saturated carbocycles. The average molecular weight is 248 g/mol. The van der Waals surface area contributed by atoms with Crippen molar-refractivity contribution in [3.63, 3.8) is 0 Å². The number of amides is 1. The Morgan fingerprint density at radius 1 is 1.44 bits per heavy atom. The minimum Gasteiger partial charge on any atom is -0.508 e. The zero-order valence-corrected chi connectivity index (χ0v) is 10.9. The van der Waals surface area contributed by atoms with Gasteiger partial charge in [-0.3, -0.25) is 4.79 Å². The molecule has 0 aromatic heterocycles. The van der Waals surface area contributed by atoms with Crippen LogP contribution in [0.3, 0.4) is 0 Å². The van der Waals surface area contributed by atoms with E-state index >= 15 is 0 Å². The van der Waals surface area contributed by atoms with Gasteiger partial charge in [0.25, 0.3) is 5.91 Å². The number of phenols is 1. The smallest absolute Gasteiger partial charge is 0.251 e. The summed E-state index contributed by atoms with van der Waals surface area (Å²) in [6.45, 7) is 4.81. The molecule has 2 unspecified atom stereocenters. The first-order chi connectivity index (χ1) is 8.56. The van der Waals surface area contributed by atoms with Crippen LogP contribution < -0.4 is 10.6 Å². The number of carbonyl (C=O) groups is 1. The highest BCUT2D eigenvalue weighted by molar-refractivity contribution is 5.96. The van der Waals surface area contributed by atoms with E-state index in [1.807, 2.05) is 6.92 Å². The topological polar surface area (TPSA) is 61.4 Å². The predicted molar refractivity (Wildman–Crippen MR) is 70.8 cm³/mol. The number of benzene rings is 1. The molecule has 4 nitrogen and oxygen atoms in total. The van der Waals surface area contributed by atoms with Crippen LogP contribution in [0.5, 0.6) is 5.75 Å². The molecule has 1 fully saturated rings. The quantitative estimate of drug-likeness (QED) is 0.744. The molecular weight excluding hydrogens is 228 g/mol. The lowest BCUT2D eigenvalue weighted by Crippen LogP contribution is -2.48. The zero-order chi connectivity index (χ0) is 13.1. The number of carbonyl (C=O) groups excluding carboxylic acids is 1. The third-order valence-corrected chi connectivity index (χ3v) is 3.45. The van der Waals surface area contributed by atoms with Crippen molar-refractivity contribution in [2.75, 3.05) is 6.54 Å². The number of nitrogens with one attached hydrogen (secondary N) is 2. The van der Waals surface area contributed by atoms with E-state index in [1.54, 1.807) is 18.2 Å². The average Bonchev–Trinajstić information content (AvgIpc) is 2.32. The number of aryl methyl sites for hydroxylation is 1. The van der Waals surface area contributed by atoms with Crippen LogP contribution in [0.4, 0.5) is 0 Å². The van der Waals surface area contributed by atoms with E-state index in [0.29, 0.717) is 11.6 Å². The molecule has 1 aromatic rings. The van der Waals surface area contributed by atoms with Gasteiger partial charge in [-0.2, -0.15) is 0 Å². The molecule has 98 valence electrons. The van der Waals surface area contributed by atoms with E-state index in [0.717, 1.165) is 24.9 Å². The Balaban J connectivity index is 1.99. The Labute approximate surface area is 107 Å². The Kier molecular flexibility index (Phi) is 3.87. The summed E-state index contributed by atoms with van der Waals surface area (Å²) in [6.07, 6.45) is 2.09. The Hall–Kier alpha value is -1.55. The first kappa shape index (κ1) is 12.9. The van der Waals surface area contributed by atoms with E-state index in [2.05, 4.69) is 17.6 Å². The monoisotopic (exact) mass is 248 g/mol. The minimum absolute atomic E-state index is 0.0612. The molecule has 0 bridgehead atoms. The van der Waals surface area contributed by atoms with Crippen LogP contribution in [-0.2, 0) is 0 Å². The molecule has 1 amide bonds. The maximum atomic E-state index is 12.1. The van der Waals surface area contributed by atoms with Crippen molar-refractivity contribution in [2.45, 2.75) is 38.8 Å². The molecule has 1 aliphatic rings. The molecule has 0 radical (unpaired) electrons. The fraction of sp³-hybridized carbons (Fsp3) is 0.500. The molecule has 1 heterocycles. The highest BCUT2D eigenvalue weighted by atomic mass is 16.3. The summed E-state index contributed by atoms with van der Waals surface area (Å²) in [5, 5.41) is 15.7. The predicted octanol–water partition coefficient (Wildman–Crippen LogP) is 1.57. The van der Waals surface area contributed by atoms with Crippen LogP contribution in [-0.4, -0.2) is 29.6 Å². The first-order valence-electron chi connectivity index (χ1n) is 6.40.